The lowest BCUT2D eigenvalue weighted by Gasteiger charge is -2.07. The quantitative estimate of drug-likeness (QED) is 0.460. The first-order chi connectivity index (χ1) is 13.1. The van der Waals surface area contributed by atoms with Crippen LogP contribution in [0.25, 0.3) is 21.9 Å². The third-order valence-corrected chi connectivity index (χ3v) is 5.45. The molecule has 136 valence electrons. The second kappa shape index (κ2) is 7.49. The highest BCUT2D eigenvalue weighted by atomic mass is 32.2. The topological polar surface area (TPSA) is 42.2 Å². The van der Waals surface area contributed by atoms with E-state index in [1.807, 2.05) is 42.5 Å². The second-order valence-corrected chi connectivity index (χ2v) is 7.83. The summed E-state index contributed by atoms with van der Waals surface area (Å²) in [6.45, 7) is 4.20. The van der Waals surface area contributed by atoms with Gasteiger partial charge in [-0.05, 0) is 37.6 Å². The lowest BCUT2D eigenvalue weighted by atomic mass is 10.1. The van der Waals surface area contributed by atoms with Crippen molar-refractivity contribution in [2.45, 2.75) is 19.6 Å². The highest BCUT2D eigenvalue weighted by molar-refractivity contribution is 7.99. The molecule has 1 amide bonds. The summed E-state index contributed by atoms with van der Waals surface area (Å²) in [5.41, 5.74) is 6.19. The van der Waals surface area contributed by atoms with Crippen molar-refractivity contribution in [3.8, 4) is 0 Å². The first kappa shape index (κ1) is 17.7. The van der Waals surface area contributed by atoms with Crippen LogP contribution in [0.3, 0.4) is 0 Å². The molecule has 0 saturated heterocycles. The number of anilines is 1. The van der Waals surface area contributed by atoms with Crippen LogP contribution >= 0.6 is 11.8 Å². The van der Waals surface area contributed by atoms with Crippen molar-refractivity contribution in [3.63, 3.8) is 0 Å². The number of para-hydroxylation sites is 1. The molecular weight excluding hydrogens is 354 g/mol. The number of rotatable bonds is 5. The summed E-state index contributed by atoms with van der Waals surface area (Å²) in [4.78, 5) is 12.3. The molecular formula is C23H21NO2S. The number of carbonyl (C=O) groups excluding carboxylic acids is 1. The standard InChI is InChI=1S/C23H21NO2S/c1-15-9-16(2)11-17(10-15)13-27-14-23(25)24-18-7-8-20-19-5-3-4-6-21(19)26-22(20)12-18/h3-12H,13-14H2,1-2H3,(H,24,25). The molecule has 3 aromatic carbocycles. The maximum atomic E-state index is 12.3. The molecule has 0 saturated carbocycles. The SMILES string of the molecule is Cc1cc(C)cc(CSCC(=O)Nc2ccc3c(c2)oc2ccccc23)c1. The van der Waals surface area contributed by atoms with E-state index in [1.54, 1.807) is 11.8 Å². The van der Waals surface area contributed by atoms with Gasteiger partial charge in [-0.2, -0.15) is 0 Å². The minimum Gasteiger partial charge on any atom is -0.456 e. The van der Waals surface area contributed by atoms with Crippen molar-refractivity contribution in [2.24, 2.45) is 0 Å². The molecule has 4 heteroatoms. The Bertz CT molecular complexity index is 1110. The van der Waals surface area contributed by atoms with Crippen LogP contribution in [0.15, 0.2) is 65.1 Å². The molecule has 4 aromatic rings. The Morgan fingerprint density at radius 1 is 0.926 bits per heavy atom. The highest BCUT2D eigenvalue weighted by Crippen LogP contribution is 2.30. The van der Waals surface area contributed by atoms with E-state index in [0.29, 0.717) is 5.75 Å². The summed E-state index contributed by atoms with van der Waals surface area (Å²) < 4.78 is 5.88. The molecule has 0 aliphatic heterocycles. The largest absolute Gasteiger partial charge is 0.456 e. The van der Waals surface area contributed by atoms with E-state index in [1.165, 1.54) is 16.7 Å². The van der Waals surface area contributed by atoms with E-state index in [2.05, 4.69) is 37.4 Å². The van der Waals surface area contributed by atoms with Crippen molar-refractivity contribution in [2.75, 3.05) is 11.1 Å². The van der Waals surface area contributed by atoms with Crippen molar-refractivity contribution < 1.29 is 9.21 Å². The van der Waals surface area contributed by atoms with Gasteiger partial charge in [0.2, 0.25) is 5.91 Å². The highest BCUT2D eigenvalue weighted by Gasteiger charge is 2.09. The lowest BCUT2D eigenvalue weighted by Crippen LogP contribution is -2.14. The van der Waals surface area contributed by atoms with Crippen molar-refractivity contribution in [3.05, 3.63) is 77.4 Å². The minimum absolute atomic E-state index is 0.000152. The Hall–Kier alpha value is -2.72. The number of amides is 1. The summed E-state index contributed by atoms with van der Waals surface area (Å²) in [5, 5.41) is 5.12. The fourth-order valence-electron chi connectivity index (χ4n) is 3.41. The van der Waals surface area contributed by atoms with Crippen molar-refractivity contribution in [1.82, 2.24) is 0 Å². The summed E-state index contributed by atoms with van der Waals surface area (Å²) in [6.07, 6.45) is 0. The van der Waals surface area contributed by atoms with Gasteiger partial charge in [0.25, 0.3) is 0 Å². The molecule has 1 heterocycles. The van der Waals surface area contributed by atoms with Crippen LogP contribution in [0.1, 0.15) is 16.7 Å². The number of thioether (sulfide) groups is 1. The van der Waals surface area contributed by atoms with Crippen LogP contribution in [-0.2, 0) is 10.5 Å². The number of fused-ring (bicyclic) bond motifs is 3. The van der Waals surface area contributed by atoms with Crippen LogP contribution in [0, 0.1) is 13.8 Å². The second-order valence-electron chi connectivity index (χ2n) is 6.85. The molecule has 1 aromatic heterocycles. The Labute approximate surface area is 162 Å². The van der Waals surface area contributed by atoms with Crippen molar-refractivity contribution in [1.29, 1.82) is 0 Å². The number of benzene rings is 3. The molecule has 0 unspecified atom stereocenters. The number of hydrogen-bond acceptors (Lipinski definition) is 3. The van der Waals surface area contributed by atoms with Crippen LogP contribution < -0.4 is 5.32 Å². The molecule has 4 rings (SSSR count). The molecule has 0 atom stereocenters. The zero-order valence-corrected chi connectivity index (χ0v) is 16.2. The average Bonchev–Trinajstić information content (AvgIpc) is 2.98. The van der Waals surface area contributed by atoms with Gasteiger partial charge in [-0.1, -0.05) is 47.5 Å². The van der Waals surface area contributed by atoms with Gasteiger partial charge in [0, 0.05) is 28.3 Å². The maximum Gasteiger partial charge on any atom is 0.234 e. The van der Waals surface area contributed by atoms with E-state index < -0.39 is 0 Å². The molecule has 0 radical (unpaired) electrons. The van der Waals surface area contributed by atoms with Gasteiger partial charge in [-0.15, -0.1) is 11.8 Å². The van der Waals surface area contributed by atoms with Gasteiger partial charge in [0.15, 0.2) is 0 Å². The number of furan rings is 1. The minimum atomic E-state index is -0.000152. The summed E-state index contributed by atoms with van der Waals surface area (Å²) >= 11 is 1.62. The number of hydrogen-bond donors (Lipinski definition) is 1. The smallest absolute Gasteiger partial charge is 0.234 e. The number of carbonyl (C=O) groups is 1. The van der Waals surface area contributed by atoms with Gasteiger partial charge in [-0.3, -0.25) is 4.79 Å². The number of aryl methyl sites for hydroxylation is 2. The molecule has 0 spiro atoms. The third-order valence-electron chi connectivity index (χ3n) is 4.45. The Kier molecular flexibility index (Phi) is 4.90. The molecule has 3 nitrogen and oxygen atoms in total. The number of nitrogens with one attached hydrogen (secondary N) is 1. The zero-order valence-electron chi connectivity index (χ0n) is 15.4. The van der Waals surface area contributed by atoms with Gasteiger partial charge < -0.3 is 9.73 Å². The monoisotopic (exact) mass is 375 g/mol. The van der Waals surface area contributed by atoms with E-state index >= 15 is 0 Å². The summed E-state index contributed by atoms with van der Waals surface area (Å²) in [7, 11) is 0. The molecule has 0 fully saturated rings. The van der Waals surface area contributed by atoms with Crippen LogP contribution in [-0.4, -0.2) is 11.7 Å². The molecule has 27 heavy (non-hydrogen) atoms. The van der Waals surface area contributed by atoms with E-state index in [4.69, 9.17) is 4.42 Å². The van der Waals surface area contributed by atoms with Crippen LogP contribution in [0.5, 0.6) is 0 Å². The fourth-order valence-corrected chi connectivity index (χ4v) is 4.18. The zero-order chi connectivity index (χ0) is 18.8. The molecule has 0 bridgehead atoms. The Morgan fingerprint density at radius 3 is 2.48 bits per heavy atom. The molecule has 1 N–H and O–H groups in total. The van der Waals surface area contributed by atoms with E-state index in [0.717, 1.165) is 33.4 Å². The predicted octanol–water partition coefficient (Wildman–Crippen LogP) is 6.07. The van der Waals surface area contributed by atoms with Gasteiger partial charge in [0.1, 0.15) is 11.2 Å². The predicted molar refractivity (Wildman–Crippen MR) is 114 cm³/mol. The lowest BCUT2D eigenvalue weighted by molar-refractivity contribution is -0.113. The Balaban J connectivity index is 1.39. The normalized spacial score (nSPS) is 11.2. The van der Waals surface area contributed by atoms with Crippen LogP contribution in [0.2, 0.25) is 0 Å². The molecule has 0 aliphatic rings. The van der Waals surface area contributed by atoms with E-state index in [-0.39, 0.29) is 5.91 Å². The first-order valence-electron chi connectivity index (χ1n) is 8.94. The van der Waals surface area contributed by atoms with Crippen LogP contribution in [0.4, 0.5) is 5.69 Å². The first-order valence-corrected chi connectivity index (χ1v) is 10.1. The Morgan fingerprint density at radius 2 is 1.67 bits per heavy atom. The summed E-state index contributed by atoms with van der Waals surface area (Å²) in [5.74, 6) is 1.25. The molecule has 0 aliphatic carbocycles. The van der Waals surface area contributed by atoms with Crippen molar-refractivity contribution >= 4 is 45.3 Å². The van der Waals surface area contributed by atoms with Gasteiger partial charge in [0.05, 0.1) is 5.75 Å². The fraction of sp³-hybridized carbons (Fsp3) is 0.174. The van der Waals surface area contributed by atoms with E-state index in [9.17, 15) is 4.79 Å². The van der Waals surface area contributed by atoms with Gasteiger partial charge >= 0.3 is 0 Å². The third kappa shape index (κ3) is 4.01. The summed E-state index contributed by atoms with van der Waals surface area (Å²) in [6, 6.07) is 20.3. The average molecular weight is 375 g/mol. The van der Waals surface area contributed by atoms with Gasteiger partial charge in [-0.25, -0.2) is 0 Å². The maximum absolute atomic E-state index is 12.3.